The molecule has 0 aromatic carbocycles. The zero-order valence-corrected chi connectivity index (χ0v) is 14.1. The average molecular weight is 290 g/mol. The van der Waals surface area contributed by atoms with Gasteiger partial charge in [0.25, 0.3) is 0 Å². The summed E-state index contributed by atoms with van der Waals surface area (Å²) in [5.41, 5.74) is 2.09. The topological polar surface area (TPSA) is 34.1 Å². The highest BCUT2D eigenvalue weighted by Gasteiger charge is 2.26. The minimum Gasteiger partial charge on any atom is -0.488 e. The molecule has 0 bridgehead atoms. The Labute approximate surface area is 129 Å². The SMILES string of the molecule is Cc1ccc(OC2CCC(C)C(C)C2)c(CNC(C)C)n1. The first-order valence-electron chi connectivity index (χ1n) is 8.32. The van der Waals surface area contributed by atoms with E-state index in [-0.39, 0.29) is 0 Å². The second-order valence-corrected chi connectivity index (χ2v) is 6.94. The van der Waals surface area contributed by atoms with Gasteiger partial charge in [-0.2, -0.15) is 0 Å². The van der Waals surface area contributed by atoms with Gasteiger partial charge >= 0.3 is 0 Å². The van der Waals surface area contributed by atoms with Crippen molar-refractivity contribution in [1.29, 1.82) is 0 Å². The minimum atomic E-state index is 0.346. The van der Waals surface area contributed by atoms with Crippen molar-refractivity contribution >= 4 is 0 Å². The first kappa shape index (κ1) is 16.3. The Balaban J connectivity index is 2.04. The summed E-state index contributed by atoms with van der Waals surface area (Å²) in [6, 6.07) is 4.58. The van der Waals surface area contributed by atoms with E-state index in [4.69, 9.17) is 4.74 Å². The summed E-state index contributed by atoms with van der Waals surface area (Å²) < 4.78 is 6.29. The van der Waals surface area contributed by atoms with Gasteiger partial charge in [0.15, 0.2) is 0 Å². The Kier molecular flexibility index (Phi) is 5.63. The summed E-state index contributed by atoms with van der Waals surface area (Å²) in [6.45, 7) is 11.8. The van der Waals surface area contributed by atoms with Crippen LogP contribution in [0.2, 0.25) is 0 Å². The molecule has 0 saturated heterocycles. The normalized spacial score (nSPS) is 26.1. The standard InChI is InChI=1S/C18H30N2O/c1-12(2)19-11-17-18(9-7-15(5)20-17)21-16-8-6-13(3)14(4)10-16/h7,9,12-14,16,19H,6,8,10-11H2,1-5H3. The van der Waals surface area contributed by atoms with Crippen molar-refractivity contribution in [3.05, 3.63) is 23.5 Å². The lowest BCUT2D eigenvalue weighted by Crippen LogP contribution is -2.29. The molecule has 3 atom stereocenters. The van der Waals surface area contributed by atoms with Crippen molar-refractivity contribution in [2.75, 3.05) is 0 Å². The molecule has 21 heavy (non-hydrogen) atoms. The highest BCUT2D eigenvalue weighted by atomic mass is 16.5. The summed E-state index contributed by atoms with van der Waals surface area (Å²) in [7, 11) is 0. The average Bonchev–Trinajstić information content (AvgIpc) is 2.43. The van der Waals surface area contributed by atoms with Crippen LogP contribution in [0.5, 0.6) is 5.75 Å². The Bertz CT molecular complexity index is 459. The highest BCUT2D eigenvalue weighted by molar-refractivity contribution is 5.29. The molecule has 1 heterocycles. The van der Waals surface area contributed by atoms with E-state index in [2.05, 4.69) is 44.1 Å². The van der Waals surface area contributed by atoms with Crippen LogP contribution in [-0.4, -0.2) is 17.1 Å². The minimum absolute atomic E-state index is 0.346. The summed E-state index contributed by atoms with van der Waals surface area (Å²) in [6.07, 6.45) is 3.94. The van der Waals surface area contributed by atoms with E-state index in [1.54, 1.807) is 0 Å². The predicted octanol–water partition coefficient (Wildman–Crippen LogP) is 4.09. The lowest BCUT2D eigenvalue weighted by molar-refractivity contribution is 0.0990. The molecule has 1 aliphatic carbocycles. The Morgan fingerprint density at radius 2 is 2.00 bits per heavy atom. The van der Waals surface area contributed by atoms with E-state index < -0.39 is 0 Å². The van der Waals surface area contributed by atoms with E-state index >= 15 is 0 Å². The maximum Gasteiger partial charge on any atom is 0.142 e. The quantitative estimate of drug-likeness (QED) is 0.887. The summed E-state index contributed by atoms with van der Waals surface area (Å²) in [5.74, 6) is 2.53. The van der Waals surface area contributed by atoms with Crippen LogP contribution in [-0.2, 0) is 6.54 Å². The predicted molar refractivity (Wildman–Crippen MR) is 87.5 cm³/mol. The van der Waals surface area contributed by atoms with Crippen LogP contribution in [0.1, 0.15) is 58.3 Å². The van der Waals surface area contributed by atoms with Gasteiger partial charge in [-0.05, 0) is 50.2 Å². The molecule has 118 valence electrons. The molecule has 2 rings (SSSR count). The van der Waals surface area contributed by atoms with Crippen LogP contribution in [0, 0.1) is 18.8 Å². The number of hydrogen-bond donors (Lipinski definition) is 1. The van der Waals surface area contributed by atoms with E-state index in [0.717, 1.165) is 48.4 Å². The fraction of sp³-hybridized carbons (Fsp3) is 0.722. The third kappa shape index (κ3) is 4.70. The fourth-order valence-corrected chi connectivity index (χ4v) is 2.92. The number of nitrogens with one attached hydrogen (secondary N) is 1. The van der Waals surface area contributed by atoms with Crippen LogP contribution in [0.15, 0.2) is 12.1 Å². The number of aromatic nitrogens is 1. The zero-order valence-electron chi connectivity index (χ0n) is 14.1. The van der Waals surface area contributed by atoms with Crippen molar-refractivity contribution in [2.24, 2.45) is 11.8 Å². The van der Waals surface area contributed by atoms with Crippen molar-refractivity contribution in [1.82, 2.24) is 10.3 Å². The molecule has 3 heteroatoms. The third-order valence-electron chi connectivity index (χ3n) is 4.59. The number of hydrogen-bond acceptors (Lipinski definition) is 3. The van der Waals surface area contributed by atoms with E-state index in [1.807, 2.05) is 13.0 Å². The van der Waals surface area contributed by atoms with Crippen LogP contribution in [0.4, 0.5) is 0 Å². The number of rotatable bonds is 5. The Morgan fingerprint density at radius 3 is 2.67 bits per heavy atom. The van der Waals surface area contributed by atoms with Gasteiger partial charge in [0.05, 0.1) is 11.8 Å². The first-order chi connectivity index (χ1) is 9.95. The van der Waals surface area contributed by atoms with Gasteiger partial charge in [0, 0.05) is 18.3 Å². The van der Waals surface area contributed by atoms with Crippen LogP contribution >= 0.6 is 0 Å². The van der Waals surface area contributed by atoms with Crippen molar-refractivity contribution in [2.45, 2.75) is 72.6 Å². The molecule has 1 aliphatic rings. The molecule has 1 N–H and O–H groups in total. The molecule has 0 aliphatic heterocycles. The monoisotopic (exact) mass is 290 g/mol. The third-order valence-corrected chi connectivity index (χ3v) is 4.59. The molecule has 3 unspecified atom stereocenters. The van der Waals surface area contributed by atoms with Crippen molar-refractivity contribution in [3.8, 4) is 5.75 Å². The smallest absolute Gasteiger partial charge is 0.142 e. The maximum absolute atomic E-state index is 6.29. The van der Waals surface area contributed by atoms with Crippen LogP contribution < -0.4 is 10.1 Å². The molecule has 1 aromatic rings. The molecule has 0 spiro atoms. The van der Waals surface area contributed by atoms with Gasteiger partial charge in [-0.25, -0.2) is 0 Å². The van der Waals surface area contributed by atoms with Gasteiger partial charge in [0.2, 0.25) is 0 Å². The zero-order chi connectivity index (χ0) is 15.4. The molecule has 1 fully saturated rings. The number of pyridine rings is 1. The first-order valence-corrected chi connectivity index (χ1v) is 8.32. The largest absolute Gasteiger partial charge is 0.488 e. The lowest BCUT2D eigenvalue weighted by Gasteiger charge is -2.32. The summed E-state index contributed by atoms with van der Waals surface area (Å²) >= 11 is 0. The van der Waals surface area contributed by atoms with E-state index in [1.165, 1.54) is 6.42 Å². The number of aryl methyl sites for hydroxylation is 1. The summed E-state index contributed by atoms with van der Waals surface area (Å²) in [5, 5.41) is 3.44. The van der Waals surface area contributed by atoms with Gasteiger partial charge < -0.3 is 10.1 Å². The van der Waals surface area contributed by atoms with Crippen molar-refractivity contribution in [3.63, 3.8) is 0 Å². The Morgan fingerprint density at radius 1 is 1.24 bits per heavy atom. The molecule has 3 nitrogen and oxygen atoms in total. The second-order valence-electron chi connectivity index (χ2n) is 6.94. The molecular weight excluding hydrogens is 260 g/mol. The van der Waals surface area contributed by atoms with Crippen LogP contribution in [0.3, 0.4) is 0 Å². The second kappa shape index (κ2) is 7.26. The van der Waals surface area contributed by atoms with Crippen molar-refractivity contribution < 1.29 is 4.74 Å². The molecular formula is C18H30N2O. The van der Waals surface area contributed by atoms with Crippen LogP contribution in [0.25, 0.3) is 0 Å². The van der Waals surface area contributed by atoms with Gasteiger partial charge in [-0.15, -0.1) is 0 Å². The Hall–Kier alpha value is -1.09. The number of nitrogens with zero attached hydrogens (tertiary/aromatic N) is 1. The number of ether oxygens (including phenoxy) is 1. The van der Waals surface area contributed by atoms with E-state index in [9.17, 15) is 0 Å². The van der Waals surface area contributed by atoms with E-state index in [0.29, 0.717) is 12.1 Å². The molecule has 1 saturated carbocycles. The maximum atomic E-state index is 6.29. The van der Waals surface area contributed by atoms with Gasteiger partial charge in [0.1, 0.15) is 5.75 Å². The van der Waals surface area contributed by atoms with Gasteiger partial charge in [-0.1, -0.05) is 27.7 Å². The van der Waals surface area contributed by atoms with Gasteiger partial charge in [-0.3, -0.25) is 4.98 Å². The molecule has 0 radical (unpaired) electrons. The summed E-state index contributed by atoms with van der Waals surface area (Å²) in [4.78, 5) is 4.66. The molecule has 1 aromatic heterocycles. The molecule has 0 amide bonds. The fourth-order valence-electron chi connectivity index (χ4n) is 2.92. The lowest BCUT2D eigenvalue weighted by atomic mass is 9.80. The highest BCUT2D eigenvalue weighted by Crippen LogP contribution is 2.32.